The number of nitrogens with zero attached hydrogens (tertiary/aromatic N) is 2. The molecule has 5 nitrogen and oxygen atoms in total. The van der Waals surface area contributed by atoms with Crippen molar-refractivity contribution in [2.24, 2.45) is 5.92 Å². The molecule has 1 N–H and O–H groups in total. The summed E-state index contributed by atoms with van der Waals surface area (Å²) in [6, 6.07) is 13.0. The van der Waals surface area contributed by atoms with Gasteiger partial charge in [-0.2, -0.15) is 5.10 Å². The number of aromatic carboxylic acids is 1. The largest absolute Gasteiger partial charge is 0.493 e. The molecule has 3 rings (SSSR count). The molecule has 0 aliphatic carbocycles. The van der Waals surface area contributed by atoms with Crippen molar-refractivity contribution < 1.29 is 14.6 Å². The molecule has 1 aromatic heterocycles. The van der Waals surface area contributed by atoms with Crippen molar-refractivity contribution in [1.29, 1.82) is 0 Å². The average molecular weight is 324 g/mol. The molecule has 0 radical (unpaired) electrons. The maximum Gasteiger partial charge on any atom is 0.335 e. The van der Waals surface area contributed by atoms with E-state index in [1.807, 2.05) is 28.9 Å². The molecule has 0 unspecified atom stereocenters. The molecule has 0 saturated carbocycles. The van der Waals surface area contributed by atoms with E-state index in [-0.39, 0.29) is 5.56 Å². The zero-order valence-corrected chi connectivity index (χ0v) is 13.8. The van der Waals surface area contributed by atoms with Gasteiger partial charge in [0.2, 0.25) is 0 Å². The van der Waals surface area contributed by atoms with E-state index in [0.29, 0.717) is 19.1 Å². The molecule has 2 aromatic carbocycles. The Kier molecular flexibility index (Phi) is 4.51. The highest BCUT2D eigenvalue weighted by Crippen LogP contribution is 2.22. The number of carboxylic acids is 1. The molecule has 5 heteroatoms. The minimum Gasteiger partial charge on any atom is -0.493 e. The summed E-state index contributed by atoms with van der Waals surface area (Å²) >= 11 is 0. The summed E-state index contributed by atoms with van der Waals surface area (Å²) in [6.07, 6.45) is 1.69. The first-order chi connectivity index (χ1) is 11.5. The Morgan fingerprint density at radius 3 is 2.79 bits per heavy atom. The van der Waals surface area contributed by atoms with Crippen LogP contribution in [0.25, 0.3) is 10.9 Å². The minimum atomic E-state index is -0.933. The van der Waals surface area contributed by atoms with Gasteiger partial charge in [0, 0.05) is 10.9 Å². The molecule has 0 spiro atoms. The number of hydrogen-bond acceptors (Lipinski definition) is 3. The van der Waals surface area contributed by atoms with Crippen molar-refractivity contribution in [3.8, 4) is 5.75 Å². The molecule has 24 heavy (non-hydrogen) atoms. The molecule has 3 aromatic rings. The number of fused-ring (bicyclic) bond motifs is 1. The van der Waals surface area contributed by atoms with Gasteiger partial charge in [0.25, 0.3) is 0 Å². The summed E-state index contributed by atoms with van der Waals surface area (Å²) < 4.78 is 7.75. The fraction of sp³-hybridized carbons (Fsp3) is 0.263. The lowest BCUT2D eigenvalue weighted by molar-refractivity contribution is 0.0697. The summed E-state index contributed by atoms with van der Waals surface area (Å²) in [6.45, 7) is 5.47. The van der Waals surface area contributed by atoms with Crippen LogP contribution in [0, 0.1) is 5.92 Å². The van der Waals surface area contributed by atoms with Crippen molar-refractivity contribution in [3.63, 3.8) is 0 Å². The summed E-state index contributed by atoms with van der Waals surface area (Å²) in [4.78, 5) is 11.1. The highest BCUT2D eigenvalue weighted by molar-refractivity contribution is 5.93. The number of rotatable bonds is 6. The van der Waals surface area contributed by atoms with Crippen LogP contribution < -0.4 is 4.74 Å². The van der Waals surface area contributed by atoms with E-state index in [0.717, 1.165) is 22.2 Å². The normalized spacial score (nSPS) is 11.1. The van der Waals surface area contributed by atoms with Gasteiger partial charge < -0.3 is 9.84 Å². The van der Waals surface area contributed by atoms with Gasteiger partial charge >= 0.3 is 5.97 Å². The minimum absolute atomic E-state index is 0.266. The van der Waals surface area contributed by atoms with Gasteiger partial charge in [0.05, 0.1) is 30.4 Å². The molecule has 0 bridgehead atoms. The monoisotopic (exact) mass is 324 g/mol. The number of benzene rings is 2. The van der Waals surface area contributed by atoms with E-state index < -0.39 is 5.97 Å². The Morgan fingerprint density at radius 2 is 2.04 bits per heavy atom. The second kappa shape index (κ2) is 6.74. The Bertz CT molecular complexity index is 868. The lowest BCUT2D eigenvalue weighted by Crippen LogP contribution is -2.08. The molecule has 0 saturated heterocycles. The number of para-hydroxylation sites is 1. The Balaban J connectivity index is 1.89. The highest BCUT2D eigenvalue weighted by Gasteiger charge is 2.10. The highest BCUT2D eigenvalue weighted by atomic mass is 16.5. The zero-order chi connectivity index (χ0) is 17.1. The van der Waals surface area contributed by atoms with Crippen LogP contribution in [-0.2, 0) is 6.54 Å². The molecule has 0 fully saturated rings. The maximum absolute atomic E-state index is 11.1. The molecular weight excluding hydrogens is 304 g/mol. The van der Waals surface area contributed by atoms with Gasteiger partial charge in [-0.3, -0.25) is 4.68 Å². The van der Waals surface area contributed by atoms with Gasteiger partial charge in [-0.05, 0) is 30.2 Å². The van der Waals surface area contributed by atoms with E-state index >= 15 is 0 Å². The van der Waals surface area contributed by atoms with Crippen LogP contribution in [-0.4, -0.2) is 27.5 Å². The van der Waals surface area contributed by atoms with Crippen LogP contribution in [0.15, 0.2) is 48.7 Å². The number of carboxylic acid groups (broad SMARTS) is 1. The van der Waals surface area contributed by atoms with Crippen molar-refractivity contribution in [2.45, 2.75) is 20.4 Å². The predicted octanol–water partition coefficient (Wildman–Crippen LogP) is 3.82. The van der Waals surface area contributed by atoms with Crippen LogP contribution in [0.4, 0.5) is 0 Å². The van der Waals surface area contributed by atoms with Crippen LogP contribution in [0.5, 0.6) is 5.75 Å². The summed E-state index contributed by atoms with van der Waals surface area (Å²) in [7, 11) is 0. The summed E-state index contributed by atoms with van der Waals surface area (Å²) in [5, 5.41) is 14.3. The quantitative estimate of drug-likeness (QED) is 0.748. The van der Waals surface area contributed by atoms with Gasteiger partial charge in [0.1, 0.15) is 5.75 Å². The molecule has 0 amide bonds. The first-order valence-corrected chi connectivity index (χ1v) is 7.94. The lowest BCUT2D eigenvalue weighted by Gasteiger charge is -2.13. The molecule has 124 valence electrons. The summed E-state index contributed by atoms with van der Waals surface area (Å²) in [5.41, 5.74) is 2.21. The Morgan fingerprint density at radius 1 is 1.25 bits per heavy atom. The van der Waals surface area contributed by atoms with E-state index in [1.54, 1.807) is 24.4 Å². The van der Waals surface area contributed by atoms with Gasteiger partial charge in [-0.1, -0.05) is 32.0 Å². The van der Waals surface area contributed by atoms with Crippen molar-refractivity contribution in [1.82, 2.24) is 9.78 Å². The van der Waals surface area contributed by atoms with Crippen molar-refractivity contribution >= 4 is 16.9 Å². The van der Waals surface area contributed by atoms with E-state index in [4.69, 9.17) is 9.84 Å². The molecular formula is C19H20N2O3. The molecule has 1 heterocycles. The Labute approximate surface area is 140 Å². The number of carbonyl (C=O) groups is 1. The number of aromatic nitrogens is 2. The SMILES string of the molecule is CC(C)COc1ccccc1Cn1ncc2cc(C(=O)O)ccc21. The van der Waals surface area contributed by atoms with Crippen molar-refractivity contribution in [2.75, 3.05) is 6.61 Å². The second-order valence-corrected chi connectivity index (χ2v) is 6.19. The average Bonchev–Trinajstić information content (AvgIpc) is 2.96. The first kappa shape index (κ1) is 16.1. The predicted molar refractivity (Wildman–Crippen MR) is 92.6 cm³/mol. The van der Waals surface area contributed by atoms with E-state index in [2.05, 4.69) is 18.9 Å². The fourth-order valence-electron chi connectivity index (χ4n) is 2.54. The Hall–Kier alpha value is -2.82. The first-order valence-electron chi connectivity index (χ1n) is 7.94. The zero-order valence-electron chi connectivity index (χ0n) is 13.8. The van der Waals surface area contributed by atoms with E-state index in [9.17, 15) is 4.79 Å². The van der Waals surface area contributed by atoms with E-state index in [1.165, 1.54) is 0 Å². The van der Waals surface area contributed by atoms with Gasteiger partial charge in [0.15, 0.2) is 0 Å². The topological polar surface area (TPSA) is 64.4 Å². The van der Waals surface area contributed by atoms with Crippen LogP contribution in [0.2, 0.25) is 0 Å². The third-order valence-corrected chi connectivity index (χ3v) is 3.75. The standard InChI is InChI=1S/C19H20N2O3/c1-13(2)12-24-18-6-4-3-5-15(18)11-21-17-8-7-14(19(22)23)9-16(17)10-20-21/h3-10,13H,11-12H2,1-2H3,(H,22,23). The lowest BCUT2D eigenvalue weighted by atomic mass is 10.1. The van der Waals surface area contributed by atoms with Crippen LogP contribution >= 0.6 is 0 Å². The van der Waals surface area contributed by atoms with Crippen LogP contribution in [0.1, 0.15) is 29.8 Å². The van der Waals surface area contributed by atoms with Crippen molar-refractivity contribution in [3.05, 3.63) is 59.8 Å². The fourth-order valence-corrected chi connectivity index (χ4v) is 2.54. The number of hydrogen-bond donors (Lipinski definition) is 1. The molecule has 0 aliphatic heterocycles. The third kappa shape index (κ3) is 3.40. The summed E-state index contributed by atoms with van der Waals surface area (Å²) in [5.74, 6) is 0.382. The van der Waals surface area contributed by atoms with Gasteiger partial charge in [-0.25, -0.2) is 4.79 Å². The third-order valence-electron chi connectivity index (χ3n) is 3.75. The molecule has 0 atom stereocenters. The van der Waals surface area contributed by atoms with Gasteiger partial charge in [-0.15, -0.1) is 0 Å². The number of ether oxygens (including phenoxy) is 1. The smallest absolute Gasteiger partial charge is 0.335 e. The maximum atomic E-state index is 11.1. The second-order valence-electron chi connectivity index (χ2n) is 6.19. The molecule has 0 aliphatic rings. The van der Waals surface area contributed by atoms with Crippen LogP contribution in [0.3, 0.4) is 0 Å².